The number of rotatable bonds is 3. The average Bonchev–Trinajstić information content (AvgIpc) is 3.04. The summed E-state index contributed by atoms with van der Waals surface area (Å²) in [4.78, 5) is 0. The van der Waals surface area contributed by atoms with E-state index in [2.05, 4.69) is 80.6 Å². The van der Waals surface area contributed by atoms with Crippen molar-refractivity contribution < 1.29 is 4.57 Å². The summed E-state index contributed by atoms with van der Waals surface area (Å²) >= 11 is 0. The highest BCUT2D eigenvalue weighted by molar-refractivity contribution is 7.88. The molecule has 0 aromatic heterocycles. The quantitative estimate of drug-likeness (QED) is 0.353. The Morgan fingerprint density at radius 2 is 1.23 bits per heavy atom. The molecule has 0 saturated heterocycles. The largest absolute Gasteiger partial charge is 0.309 e. The molecule has 0 saturated carbocycles. The third kappa shape index (κ3) is 2.90. The minimum absolute atomic E-state index is 0.900. The number of hydrogen-bond donors (Lipinski definition) is 0. The van der Waals surface area contributed by atoms with Crippen LogP contribution in [0.2, 0.25) is 0 Å². The Balaban J connectivity index is 1.95. The summed E-state index contributed by atoms with van der Waals surface area (Å²) in [6, 6.07) is 35.1. The van der Waals surface area contributed by atoms with E-state index in [1.807, 2.05) is 36.4 Å². The lowest BCUT2D eigenvalue weighted by Crippen LogP contribution is -2.16. The second-order valence-corrected chi connectivity index (χ2v) is 10.6. The molecule has 146 valence electrons. The summed E-state index contributed by atoms with van der Waals surface area (Å²) in [5.74, 6) is 0. The van der Waals surface area contributed by atoms with Gasteiger partial charge in [-0.3, -0.25) is 0 Å². The van der Waals surface area contributed by atoms with Crippen LogP contribution in [-0.2, 0) is 4.57 Å². The second kappa shape index (κ2) is 7.27. The highest BCUT2D eigenvalue weighted by atomic mass is 31.2. The van der Waals surface area contributed by atoms with Crippen molar-refractivity contribution in [2.24, 2.45) is 0 Å². The Hall–Kier alpha value is -3.15. The number of fused-ring (bicyclic) bond motifs is 1. The SMILES string of the molecule is Cc1cccc(P2(=O)C(c3ccccc3)=C(c3ccccc3)c3cc(C)ccc32)c1. The third-order valence-electron chi connectivity index (χ3n) is 5.79. The highest BCUT2D eigenvalue weighted by Crippen LogP contribution is 2.65. The summed E-state index contributed by atoms with van der Waals surface area (Å²) in [5.41, 5.74) is 6.60. The summed E-state index contributed by atoms with van der Waals surface area (Å²) in [6.07, 6.45) is 0. The van der Waals surface area contributed by atoms with E-state index in [1.54, 1.807) is 0 Å². The molecule has 2 heteroatoms. The van der Waals surface area contributed by atoms with Crippen LogP contribution in [0.25, 0.3) is 10.9 Å². The van der Waals surface area contributed by atoms with Crippen LogP contribution in [0.1, 0.15) is 27.8 Å². The van der Waals surface area contributed by atoms with Gasteiger partial charge >= 0.3 is 0 Å². The van der Waals surface area contributed by atoms with Crippen molar-refractivity contribution in [3.63, 3.8) is 0 Å². The van der Waals surface area contributed by atoms with Gasteiger partial charge in [0.2, 0.25) is 0 Å². The molecule has 0 N–H and O–H groups in total. The first-order chi connectivity index (χ1) is 14.6. The van der Waals surface area contributed by atoms with Crippen molar-refractivity contribution in [1.82, 2.24) is 0 Å². The van der Waals surface area contributed by atoms with Gasteiger partial charge in [0, 0.05) is 21.5 Å². The lowest BCUT2D eigenvalue weighted by Gasteiger charge is -2.20. The van der Waals surface area contributed by atoms with E-state index in [4.69, 9.17) is 0 Å². The van der Waals surface area contributed by atoms with Gasteiger partial charge in [-0.05, 0) is 42.7 Å². The van der Waals surface area contributed by atoms with Gasteiger partial charge in [-0.2, -0.15) is 0 Å². The van der Waals surface area contributed by atoms with E-state index in [0.29, 0.717) is 0 Å². The van der Waals surface area contributed by atoms with Gasteiger partial charge in [0.1, 0.15) is 0 Å². The zero-order valence-electron chi connectivity index (χ0n) is 17.2. The predicted molar refractivity (Wildman–Crippen MR) is 128 cm³/mol. The van der Waals surface area contributed by atoms with Crippen LogP contribution in [0.4, 0.5) is 0 Å². The molecule has 1 nitrogen and oxygen atoms in total. The van der Waals surface area contributed by atoms with E-state index in [-0.39, 0.29) is 0 Å². The molecule has 0 amide bonds. The van der Waals surface area contributed by atoms with Gasteiger partial charge in [-0.1, -0.05) is 102 Å². The van der Waals surface area contributed by atoms with Gasteiger partial charge in [0.15, 0.2) is 7.14 Å². The Bertz CT molecular complexity index is 1320. The number of benzene rings is 4. The molecular weight excluding hydrogens is 383 g/mol. The monoisotopic (exact) mass is 406 g/mol. The van der Waals surface area contributed by atoms with Crippen molar-refractivity contribution in [3.05, 3.63) is 131 Å². The maximum atomic E-state index is 15.2. The number of hydrogen-bond acceptors (Lipinski definition) is 1. The van der Waals surface area contributed by atoms with Gasteiger partial charge in [0.05, 0.1) is 0 Å². The molecule has 5 rings (SSSR count). The van der Waals surface area contributed by atoms with E-state index < -0.39 is 7.14 Å². The first-order valence-corrected chi connectivity index (χ1v) is 11.9. The molecule has 1 unspecified atom stereocenters. The predicted octanol–water partition coefficient (Wildman–Crippen LogP) is 6.55. The number of aryl methyl sites for hydroxylation is 2. The first-order valence-electron chi connectivity index (χ1n) is 10.2. The van der Waals surface area contributed by atoms with Crippen LogP contribution in [0.15, 0.2) is 103 Å². The summed E-state index contributed by atoms with van der Waals surface area (Å²) in [6.45, 7) is 4.16. The normalized spacial score (nSPS) is 17.8. The Morgan fingerprint density at radius 3 is 1.90 bits per heavy atom. The van der Waals surface area contributed by atoms with E-state index >= 15 is 4.57 Å². The zero-order chi connectivity index (χ0) is 20.7. The Kier molecular flexibility index (Phi) is 4.57. The van der Waals surface area contributed by atoms with Gasteiger partial charge < -0.3 is 4.57 Å². The molecule has 30 heavy (non-hydrogen) atoms. The molecule has 4 aromatic rings. The summed E-state index contributed by atoms with van der Waals surface area (Å²) in [5, 5.41) is 2.79. The molecule has 1 aliphatic rings. The minimum Gasteiger partial charge on any atom is -0.309 e. The molecule has 0 fully saturated rings. The van der Waals surface area contributed by atoms with Gasteiger partial charge in [0.25, 0.3) is 0 Å². The minimum atomic E-state index is -3.03. The lowest BCUT2D eigenvalue weighted by atomic mass is 9.95. The lowest BCUT2D eigenvalue weighted by molar-refractivity contribution is 0.593. The second-order valence-electron chi connectivity index (χ2n) is 7.92. The fraction of sp³-hybridized carbons (Fsp3) is 0.0714. The van der Waals surface area contributed by atoms with E-state index in [1.165, 1.54) is 5.56 Å². The Labute approximate surface area is 178 Å². The standard InChI is InChI=1S/C28H23OP/c1-20-10-9-15-24(18-20)30(29)26-17-16-21(2)19-25(26)27(22-11-5-3-6-12-22)28(30)23-13-7-4-8-14-23/h3-19H,1-2H3. The van der Waals surface area contributed by atoms with Gasteiger partial charge in [-0.25, -0.2) is 0 Å². The molecule has 1 atom stereocenters. The molecule has 0 aliphatic carbocycles. The van der Waals surface area contributed by atoms with Crippen LogP contribution >= 0.6 is 7.14 Å². The average molecular weight is 406 g/mol. The van der Waals surface area contributed by atoms with Crippen LogP contribution in [0.5, 0.6) is 0 Å². The van der Waals surface area contributed by atoms with Crippen LogP contribution < -0.4 is 10.6 Å². The molecule has 0 bridgehead atoms. The molecule has 0 radical (unpaired) electrons. The van der Waals surface area contributed by atoms with Crippen LogP contribution in [-0.4, -0.2) is 0 Å². The fourth-order valence-electron chi connectivity index (χ4n) is 4.44. The fourth-order valence-corrected chi connectivity index (χ4v) is 7.78. The van der Waals surface area contributed by atoms with E-state index in [0.717, 1.165) is 43.8 Å². The Morgan fingerprint density at radius 1 is 0.600 bits per heavy atom. The topological polar surface area (TPSA) is 17.1 Å². The molecule has 0 spiro atoms. The summed E-state index contributed by atoms with van der Waals surface area (Å²) < 4.78 is 15.2. The molecule has 4 aromatic carbocycles. The zero-order valence-corrected chi connectivity index (χ0v) is 18.1. The van der Waals surface area contributed by atoms with Gasteiger partial charge in [-0.15, -0.1) is 0 Å². The van der Waals surface area contributed by atoms with Crippen LogP contribution in [0, 0.1) is 13.8 Å². The van der Waals surface area contributed by atoms with Crippen molar-refractivity contribution in [1.29, 1.82) is 0 Å². The van der Waals surface area contributed by atoms with Crippen LogP contribution in [0.3, 0.4) is 0 Å². The smallest absolute Gasteiger partial charge is 0.172 e. The molecular formula is C28H23OP. The maximum absolute atomic E-state index is 15.2. The molecule has 1 heterocycles. The van der Waals surface area contributed by atoms with Crippen molar-refractivity contribution >= 4 is 28.6 Å². The third-order valence-corrected chi connectivity index (χ3v) is 8.97. The highest BCUT2D eigenvalue weighted by Gasteiger charge is 2.43. The van der Waals surface area contributed by atoms with Crippen molar-refractivity contribution in [2.75, 3.05) is 0 Å². The van der Waals surface area contributed by atoms with E-state index in [9.17, 15) is 0 Å². The van der Waals surface area contributed by atoms with Crippen molar-refractivity contribution in [2.45, 2.75) is 13.8 Å². The van der Waals surface area contributed by atoms with Crippen molar-refractivity contribution in [3.8, 4) is 0 Å². The summed E-state index contributed by atoms with van der Waals surface area (Å²) in [7, 11) is -3.03. The molecule has 1 aliphatic heterocycles. The maximum Gasteiger partial charge on any atom is 0.172 e. The first kappa shape index (κ1) is 18.9.